The van der Waals surface area contributed by atoms with Crippen LogP contribution >= 0.6 is 0 Å². The van der Waals surface area contributed by atoms with E-state index in [4.69, 9.17) is 0 Å². The molecule has 2 aliphatic rings. The Kier molecular flexibility index (Phi) is 5.55. The normalized spacial score (nSPS) is 13.1. The molecule has 2 aliphatic carbocycles. The van der Waals surface area contributed by atoms with Gasteiger partial charge in [0, 0.05) is 34.1 Å². The first kappa shape index (κ1) is 22.9. The van der Waals surface area contributed by atoms with E-state index in [1.165, 1.54) is 86.8 Å². The van der Waals surface area contributed by atoms with Gasteiger partial charge in [-0.1, -0.05) is 53.6 Å². The van der Waals surface area contributed by atoms with Crippen molar-refractivity contribution in [2.24, 2.45) is 0 Å². The third kappa shape index (κ3) is 3.97. The number of rotatable bonds is 6. The smallest absolute Gasteiger partial charge is 0.0496 e. The minimum atomic E-state index is 1.14. The van der Waals surface area contributed by atoms with Crippen LogP contribution in [0.2, 0.25) is 0 Å². The van der Waals surface area contributed by atoms with E-state index in [9.17, 15) is 0 Å². The number of aryl methyl sites for hydroxylation is 5. The maximum absolute atomic E-state index is 2.42. The molecule has 38 heavy (non-hydrogen) atoms. The summed E-state index contributed by atoms with van der Waals surface area (Å²) in [5, 5.41) is 0. The molecule has 2 heteroatoms. The van der Waals surface area contributed by atoms with Gasteiger partial charge in [-0.2, -0.15) is 0 Å². The third-order valence-corrected chi connectivity index (χ3v) is 8.20. The fourth-order valence-corrected chi connectivity index (χ4v) is 5.77. The minimum absolute atomic E-state index is 1.14. The predicted molar refractivity (Wildman–Crippen MR) is 160 cm³/mol. The van der Waals surface area contributed by atoms with Crippen LogP contribution < -0.4 is 9.80 Å². The number of benzene rings is 5. The summed E-state index contributed by atoms with van der Waals surface area (Å²) in [5.74, 6) is 0. The van der Waals surface area contributed by atoms with Crippen LogP contribution in [0.25, 0.3) is 0 Å². The molecule has 0 aromatic heterocycles. The molecule has 0 fully saturated rings. The van der Waals surface area contributed by atoms with Crippen molar-refractivity contribution in [1.82, 2.24) is 0 Å². The van der Waals surface area contributed by atoms with E-state index in [0.717, 1.165) is 6.42 Å². The van der Waals surface area contributed by atoms with E-state index in [1.54, 1.807) is 0 Å². The van der Waals surface area contributed by atoms with Gasteiger partial charge in [0.05, 0.1) is 0 Å². The summed E-state index contributed by atoms with van der Waals surface area (Å²) in [6.07, 6.45) is 4.70. The Morgan fingerprint density at radius 1 is 0.421 bits per heavy atom. The molecular weight excluding hydrogens is 460 g/mol. The lowest BCUT2D eigenvalue weighted by atomic mass is 9.86. The Morgan fingerprint density at radius 2 is 0.921 bits per heavy atom. The van der Waals surface area contributed by atoms with Crippen LogP contribution in [0.4, 0.5) is 34.1 Å². The molecule has 0 N–H and O–H groups in total. The number of hydrogen-bond donors (Lipinski definition) is 0. The monoisotopic (exact) mass is 492 g/mol. The highest BCUT2D eigenvalue weighted by Gasteiger charge is 2.23. The van der Waals surface area contributed by atoms with Crippen molar-refractivity contribution in [3.05, 3.63) is 143 Å². The van der Waals surface area contributed by atoms with Crippen molar-refractivity contribution >= 4 is 34.1 Å². The van der Waals surface area contributed by atoms with E-state index in [0.29, 0.717) is 0 Å². The van der Waals surface area contributed by atoms with Gasteiger partial charge in [0.25, 0.3) is 0 Å². The molecule has 186 valence electrons. The summed E-state index contributed by atoms with van der Waals surface area (Å²) in [6.45, 7) is 4.29. The molecule has 0 amide bonds. The number of anilines is 6. The highest BCUT2D eigenvalue weighted by atomic mass is 15.2. The van der Waals surface area contributed by atoms with Crippen LogP contribution in [-0.4, -0.2) is 0 Å². The van der Waals surface area contributed by atoms with E-state index in [-0.39, 0.29) is 0 Å². The summed E-state index contributed by atoms with van der Waals surface area (Å²) < 4.78 is 0. The van der Waals surface area contributed by atoms with Crippen molar-refractivity contribution < 1.29 is 0 Å². The van der Waals surface area contributed by atoms with Crippen LogP contribution in [0.5, 0.6) is 0 Å². The van der Waals surface area contributed by atoms with E-state index >= 15 is 0 Å². The van der Waals surface area contributed by atoms with Gasteiger partial charge in [-0.05, 0) is 129 Å². The number of nitrogens with zero attached hydrogens (tertiary/aromatic N) is 2. The van der Waals surface area contributed by atoms with Crippen LogP contribution in [0.1, 0.15) is 33.4 Å². The second-order valence-corrected chi connectivity index (χ2v) is 10.7. The first-order chi connectivity index (χ1) is 18.6. The Morgan fingerprint density at radius 3 is 1.42 bits per heavy atom. The molecular formula is C36H32N2. The van der Waals surface area contributed by atoms with Gasteiger partial charge in [-0.15, -0.1) is 0 Å². The quantitative estimate of drug-likeness (QED) is 0.233. The van der Waals surface area contributed by atoms with Gasteiger partial charge < -0.3 is 9.80 Å². The topological polar surface area (TPSA) is 6.48 Å². The second kappa shape index (κ2) is 9.22. The summed E-state index contributed by atoms with van der Waals surface area (Å²) >= 11 is 0. The largest absolute Gasteiger partial charge is 0.310 e. The predicted octanol–water partition coefficient (Wildman–Crippen LogP) is 9.44. The van der Waals surface area contributed by atoms with Crippen LogP contribution in [0, 0.1) is 13.8 Å². The van der Waals surface area contributed by atoms with Gasteiger partial charge >= 0.3 is 0 Å². The highest BCUT2D eigenvalue weighted by Crippen LogP contribution is 2.43. The molecule has 0 saturated carbocycles. The van der Waals surface area contributed by atoms with Gasteiger partial charge in [0.2, 0.25) is 0 Å². The zero-order valence-corrected chi connectivity index (χ0v) is 22.1. The fourth-order valence-electron chi connectivity index (χ4n) is 5.77. The molecule has 0 bridgehead atoms. The first-order valence-electron chi connectivity index (χ1n) is 13.7. The van der Waals surface area contributed by atoms with Crippen molar-refractivity contribution in [2.75, 3.05) is 9.80 Å². The molecule has 0 aliphatic heterocycles. The Hall–Kier alpha value is -4.30. The van der Waals surface area contributed by atoms with Crippen LogP contribution in [-0.2, 0) is 25.7 Å². The lowest BCUT2D eigenvalue weighted by Gasteiger charge is -2.33. The summed E-state index contributed by atoms with van der Waals surface area (Å²) in [5.41, 5.74) is 15.7. The van der Waals surface area contributed by atoms with E-state index in [2.05, 4.69) is 133 Å². The average molecular weight is 493 g/mol. The second-order valence-electron chi connectivity index (χ2n) is 10.7. The summed E-state index contributed by atoms with van der Waals surface area (Å²) in [4.78, 5) is 4.80. The van der Waals surface area contributed by atoms with Crippen molar-refractivity contribution in [3.63, 3.8) is 0 Å². The lowest BCUT2D eigenvalue weighted by molar-refractivity contribution is 0.837. The molecule has 0 saturated heterocycles. The van der Waals surface area contributed by atoms with Crippen molar-refractivity contribution in [3.8, 4) is 0 Å². The molecule has 5 aromatic carbocycles. The molecule has 0 spiro atoms. The van der Waals surface area contributed by atoms with Gasteiger partial charge in [-0.3, -0.25) is 0 Å². The molecule has 0 radical (unpaired) electrons. The average Bonchev–Trinajstić information content (AvgIpc) is 2.90. The SMILES string of the molecule is Cc1ccc(N(c2ccc(N(c3ccc(C)cc3)c3cccc4c3CC4)cc2)c2ccc3c(c2)CC3)cc1. The Balaban J connectivity index is 1.32. The van der Waals surface area contributed by atoms with Gasteiger partial charge in [-0.25, -0.2) is 0 Å². The van der Waals surface area contributed by atoms with Crippen molar-refractivity contribution in [1.29, 1.82) is 0 Å². The molecule has 5 aromatic rings. The summed E-state index contributed by atoms with van der Waals surface area (Å²) in [6, 6.07) is 40.5. The molecule has 0 unspecified atom stereocenters. The first-order valence-corrected chi connectivity index (χ1v) is 13.7. The highest BCUT2D eigenvalue weighted by molar-refractivity contribution is 5.83. The zero-order valence-electron chi connectivity index (χ0n) is 22.1. The van der Waals surface area contributed by atoms with Crippen molar-refractivity contribution in [2.45, 2.75) is 39.5 Å². The fraction of sp³-hybridized carbons (Fsp3) is 0.167. The molecule has 0 atom stereocenters. The van der Waals surface area contributed by atoms with Gasteiger partial charge in [0.15, 0.2) is 0 Å². The number of hydrogen-bond acceptors (Lipinski definition) is 2. The van der Waals surface area contributed by atoms with Crippen LogP contribution in [0.3, 0.4) is 0 Å². The van der Waals surface area contributed by atoms with E-state index < -0.39 is 0 Å². The molecule has 2 nitrogen and oxygen atoms in total. The molecule has 7 rings (SSSR count). The third-order valence-electron chi connectivity index (χ3n) is 8.20. The van der Waals surface area contributed by atoms with E-state index in [1.807, 2.05) is 0 Å². The lowest BCUT2D eigenvalue weighted by Crippen LogP contribution is -2.18. The Bertz CT molecular complexity index is 1610. The van der Waals surface area contributed by atoms with Crippen LogP contribution in [0.15, 0.2) is 109 Å². The standard InChI is InChI=1S/C36H32N2/c1-25-6-14-30(15-7-25)37(34-18-12-27-10-11-29(27)24-34)31-19-21-33(22-20-31)38(32-16-8-26(2)9-17-32)36-5-3-4-28-13-23-35(28)36/h3-9,12,14-22,24H,10-11,13,23H2,1-2H3. The minimum Gasteiger partial charge on any atom is -0.310 e. The maximum Gasteiger partial charge on any atom is 0.0496 e. The maximum atomic E-state index is 2.42. The molecule has 0 heterocycles. The zero-order chi connectivity index (χ0) is 25.6. The Labute approximate surface area is 225 Å². The van der Waals surface area contributed by atoms with Gasteiger partial charge in [0.1, 0.15) is 0 Å². The summed E-state index contributed by atoms with van der Waals surface area (Å²) in [7, 11) is 0. The number of fused-ring (bicyclic) bond motifs is 2.